The number of anilines is 1. The molecule has 1 aromatic heterocycles. The van der Waals surface area contributed by atoms with Crippen molar-refractivity contribution in [3.63, 3.8) is 0 Å². The summed E-state index contributed by atoms with van der Waals surface area (Å²) in [6, 6.07) is 16.3. The zero-order chi connectivity index (χ0) is 23.6. The number of pyridine rings is 1. The second-order valence-corrected chi connectivity index (χ2v) is 7.43. The van der Waals surface area contributed by atoms with E-state index in [1.165, 1.54) is 0 Å². The van der Waals surface area contributed by atoms with Crippen LogP contribution in [0.2, 0.25) is 0 Å². The normalized spacial score (nSPS) is 12.5. The van der Waals surface area contributed by atoms with Crippen LogP contribution < -0.4 is 11.1 Å². The number of rotatable bonds is 9. The van der Waals surface area contributed by atoms with E-state index in [1.54, 1.807) is 48.8 Å². The first-order valence-electron chi connectivity index (χ1n) is 10.6. The number of carbonyl (C=O) groups is 2. The van der Waals surface area contributed by atoms with Crippen molar-refractivity contribution < 1.29 is 14.3 Å². The van der Waals surface area contributed by atoms with Crippen molar-refractivity contribution in [1.29, 1.82) is 0 Å². The zero-order valence-corrected chi connectivity index (χ0v) is 18.5. The molecule has 1 heterocycles. The third kappa shape index (κ3) is 6.48. The maximum absolute atomic E-state index is 12.8. The van der Waals surface area contributed by atoms with Crippen molar-refractivity contribution in [2.45, 2.75) is 6.92 Å². The minimum atomic E-state index is -0.598. The monoisotopic (exact) mass is 441 g/mol. The summed E-state index contributed by atoms with van der Waals surface area (Å²) in [6.45, 7) is 6.09. The molecule has 168 valence electrons. The minimum absolute atomic E-state index is 0.111. The van der Waals surface area contributed by atoms with Gasteiger partial charge in [-0.3, -0.25) is 9.78 Å². The first kappa shape index (κ1) is 23.6. The molecule has 0 spiro atoms. The second-order valence-electron chi connectivity index (χ2n) is 7.43. The van der Waals surface area contributed by atoms with Gasteiger partial charge in [0.2, 0.25) is 5.91 Å². The molecule has 1 atom stereocenters. The Morgan fingerprint density at radius 2 is 1.91 bits per heavy atom. The molecular weight excluding hydrogens is 414 g/mol. The predicted molar refractivity (Wildman–Crippen MR) is 132 cm³/mol. The van der Waals surface area contributed by atoms with Crippen LogP contribution in [0.15, 0.2) is 103 Å². The van der Waals surface area contributed by atoms with Crippen molar-refractivity contribution in [3.05, 3.63) is 109 Å². The molecule has 0 bridgehead atoms. The number of benzene rings is 2. The molecule has 0 saturated carbocycles. The third-order valence-electron chi connectivity index (χ3n) is 5.17. The van der Waals surface area contributed by atoms with E-state index in [-0.39, 0.29) is 19.1 Å². The smallest absolute Gasteiger partial charge is 0.338 e. The van der Waals surface area contributed by atoms with Crippen LogP contribution in [0, 0.1) is 5.92 Å². The van der Waals surface area contributed by atoms with Crippen LogP contribution in [-0.4, -0.2) is 30.0 Å². The van der Waals surface area contributed by atoms with Crippen molar-refractivity contribution >= 4 is 28.3 Å². The van der Waals surface area contributed by atoms with E-state index in [4.69, 9.17) is 10.5 Å². The Labute approximate surface area is 193 Å². The third-order valence-corrected chi connectivity index (χ3v) is 5.17. The summed E-state index contributed by atoms with van der Waals surface area (Å²) in [5, 5.41) is 4.88. The topological polar surface area (TPSA) is 94.3 Å². The molecule has 2 aromatic carbocycles. The van der Waals surface area contributed by atoms with Gasteiger partial charge in [0.1, 0.15) is 6.61 Å². The minimum Gasteiger partial charge on any atom is -0.457 e. The number of hydrogen-bond acceptors (Lipinski definition) is 5. The van der Waals surface area contributed by atoms with Gasteiger partial charge in [0.15, 0.2) is 0 Å². The van der Waals surface area contributed by atoms with E-state index < -0.39 is 11.9 Å². The van der Waals surface area contributed by atoms with Crippen molar-refractivity contribution in [2.24, 2.45) is 11.7 Å². The van der Waals surface area contributed by atoms with Gasteiger partial charge in [-0.15, -0.1) is 0 Å². The van der Waals surface area contributed by atoms with Gasteiger partial charge in [-0.05, 0) is 53.8 Å². The number of nitrogens with one attached hydrogen (secondary N) is 1. The average Bonchev–Trinajstić information content (AvgIpc) is 2.84. The van der Waals surface area contributed by atoms with Crippen LogP contribution in [-0.2, 0) is 9.53 Å². The maximum Gasteiger partial charge on any atom is 0.338 e. The van der Waals surface area contributed by atoms with Gasteiger partial charge in [0.05, 0.1) is 11.5 Å². The average molecular weight is 442 g/mol. The number of amides is 1. The van der Waals surface area contributed by atoms with E-state index in [0.29, 0.717) is 16.8 Å². The molecule has 0 fully saturated rings. The largest absolute Gasteiger partial charge is 0.457 e. The first-order chi connectivity index (χ1) is 16.0. The lowest BCUT2D eigenvalue weighted by Gasteiger charge is -2.16. The lowest BCUT2D eigenvalue weighted by molar-refractivity contribution is -0.118. The number of ether oxygens (including phenoxy) is 1. The number of fused-ring (bicyclic) bond motifs is 1. The molecule has 3 N–H and O–H groups in total. The quantitative estimate of drug-likeness (QED) is 0.372. The fourth-order valence-corrected chi connectivity index (χ4v) is 3.18. The highest BCUT2D eigenvalue weighted by Crippen LogP contribution is 2.20. The fourth-order valence-electron chi connectivity index (χ4n) is 3.18. The van der Waals surface area contributed by atoms with Crippen LogP contribution in [0.5, 0.6) is 0 Å². The van der Waals surface area contributed by atoms with Gasteiger partial charge in [0, 0.05) is 30.0 Å². The fraction of sp³-hybridized carbons (Fsp3) is 0.148. The molecule has 3 rings (SSSR count). The standard InChI is InChI=1S/C27H27N3O3/c1-3-20(18-33-27(32)21-7-5-4-6-8-21)10-9-19(2)25(16-28)26(31)30-24-12-11-23-17-29-14-13-22(23)15-24/h3-15,17,25H,2,16,18,28H2,1H3,(H,30,31)/b10-9-,20-3+/t25-/m0/s1. The van der Waals surface area contributed by atoms with E-state index in [1.807, 2.05) is 43.3 Å². The Morgan fingerprint density at radius 3 is 2.64 bits per heavy atom. The number of nitrogens with zero attached hydrogens (tertiary/aromatic N) is 1. The highest BCUT2D eigenvalue weighted by Gasteiger charge is 2.19. The number of aromatic nitrogens is 1. The summed E-state index contributed by atoms with van der Waals surface area (Å²) >= 11 is 0. The summed E-state index contributed by atoms with van der Waals surface area (Å²) in [4.78, 5) is 29.1. The second kappa shape index (κ2) is 11.5. The van der Waals surface area contributed by atoms with Gasteiger partial charge in [-0.2, -0.15) is 0 Å². The molecule has 33 heavy (non-hydrogen) atoms. The summed E-state index contributed by atoms with van der Waals surface area (Å²) in [5.41, 5.74) is 8.38. The van der Waals surface area contributed by atoms with Crippen LogP contribution in [0.1, 0.15) is 17.3 Å². The number of nitrogens with two attached hydrogens (primary N) is 1. The van der Waals surface area contributed by atoms with Gasteiger partial charge in [0.25, 0.3) is 0 Å². The van der Waals surface area contributed by atoms with Gasteiger partial charge in [-0.1, -0.05) is 49.1 Å². The van der Waals surface area contributed by atoms with Gasteiger partial charge < -0.3 is 15.8 Å². The molecule has 0 aliphatic heterocycles. The van der Waals surface area contributed by atoms with E-state index in [0.717, 1.165) is 16.3 Å². The molecule has 3 aromatic rings. The molecule has 0 aliphatic rings. The van der Waals surface area contributed by atoms with E-state index in [2.05, 4.69) is 16.9 Å². The molecule has 0 radical (unpaired) electrons. The lowest BCUT2D eigenvalue weighted by atomic mass is 9.98. The Balaban J connectivity index is 1.59. The van der Waals surface area contributed by atoms with E-state index >= 15 is 0 Å². The van der Waals surface area contributed by atoms with Crippen molar-refractivity contribution in [3.8, 4) is 0 Å². The van der Waals surface area contributed by atoms with Crippen LogP contribution >= 0.6 is 0 Å². The SMILES string of the molecule is C=C(/C=C\C(=C/C)COC(=O)c1ccccc1)[C@H](CN)C(=O)Nc1ccc2cnccc2c1. The number of hydrogen-bond donors (Lipinski definition) is 2. The van der Waals surface area contributed by atoms with Crippen molar-refractivity contribution in [1.82, 2.24) is 4.98 Å². The molecule has 0 saturated heterocycles. The lowest BCUT2D eigenvalue weighted by Crippen LogP contribution is -2.30. The summed E-state index contributed by atoms with van der Waals surface area (Å²) in [6.07, 6.45) is 8.82. The highest BCUT2D eigenvalue weighted by atomic mass is 16.5. The summed E-state index contributed by atoms with van der Waals surface area (Å²) in [7, 11) is 0. The Hall–Kier alpha value is -4.03. The predicted octanol–water partition coefficient (Wildman–Crippen LogP) is 4.66. The number of allylic oxidation sites excluding steroid dienone is 2. The van der Waals surface area contributed by atoms with Gasteiger partial charge >= 0.3 is 5.97 Å². The van der Waals surface area contributed by atoms with Crippen molar-refractivity contribution in [2.75, 3.05) is 18.5 Å². The zero-order valence-electron chi connectivity index (χ0n) is 18.5. The van der Waals surface area contributed by atoms with E-state index in [9.17, 15) is 9.59 Å². The van der Waals surface area contributed by atoms with Crippen LogP contribution in [0.4, 0.5) is 5.69 Å². The number of esters is 1. The first-order valence-corrected chi connectivity index (χ1v) is 10.6. The summed E-state index contributed by atoms with van der Waals surface area (Å²) < 4.78 is 5.37. The molecule has 1 amide bonds. The Bertz CT molecular complexity index is 1200. The molecular formula is C27H27N3O3. The molecule has 6 heteroatoms. The maximum atomic E-state index is 12.8. The molecule has 6 nitrogen and oxygen atoms in total. The molecule has 0 aliphatic carbocycles. The Kier molecular flexibility index (Phi) is 8.27. The van der Waals surface area contributed by atoms with Crippen LogP contribution in [0.25, 0.3) is 10.8 Å². The van der Waals surface area contributed by atoms with Crippen LogP contribution in [0.3, 0.4) is 0 Å². The summed E-state index contributed by atoms with van der Waals surface area (Å²) in [5.74, 6) is -1.23. The number of carbonyl (C=O) groups excluding carboxylic acids is 2. The molecule has 0 unspecified atom stereocenters. The highest BCUT2D eigenvalue weighted by molar-refractivity contribution is 5.97. The van der Waals surface area contributed by atoms with Gasteiger partial charge in [-0.25, -0.2) is 4.79 Å². The Morgan fingerprint density at radius 1 is 1.12 bits per heavy atom.